The first-order valence-corrected chi connectivity index (χ1v) is 14.4. The van der Waals surface area contributed by atoms with E-state index in [9.17, 15) is 9.59 Å². The molecule has 0 saturated heterocycles. The molecule has 0 aliphatic heterocycles. The molecule has 1 aliphatic rings. The van der Waals surface area contributed by atoms with Crippen LogP contribution in [0.2, 0.25) is 10.0 Å². The topological polar surface area (TPSA) is 115 Å². The summed E-state index contributed by atoms with van der Waals surface area (Å²) in [5.41, 5.74) is 1.41. The molecule has 1 heterocycles. The number of anilines is 1. The highest BCUT2D eigenvalue weighted by molar-refractivity contribution is 6.41. The molecule has 4 rings (SSSR count). The molecule has 12 heteroatoms. The van der Waals surface area contributed by atoms with Crippen molar-refractivity contribution in [2.45, 2.75) is 57.7 Å². The lowest BCUT2D eigenvalue weighted by Gasteiger charge is -2.25. The lowest BCUT2D eigenvalue weighted by Crippen LogP contribution is -2.45. The Kier molecular flexibility index (Phi) is 9.57. The molecule has 3 aromatic rings. The van der Waals surface area contributed by atoms with E-state index >= 15 is 0 Å². The van der Waals surface area contributed by atoms with Gasteiger partial charge in [0, 0.05) is 49.8 Å². The van der Waals surface area contributed by atoms with Gasteiger partial charge < -0.3 is 29.7 Å². The molecule has 0 radical (unpaired) electrons. The van der Waals surface area contributed by atoms with Crippen LogP contribution in [0.4, 0.5) is 10.7 Å². The Hall–Kier alpha value is -3.50. The Morgan fingerprint density at radius 2 is 1.67 bits per heavy atom. The lowest BCUT2D eigenvalue weighted by molar-refractivity contribution is -0.129. The van der Waals surface area contributed by atoms with Crippen molar-refractivity contribution in [2.75, 3.05) is 33.6 Å². The van der Waals surface area contributed by atoms with Gasteiger partial charge in [-0.2, -0.15) is 0 Å². The molecule has 10 nitrogen and oxygen atoms in total. The van der Waals surface area contributed by atoms with Crippen molar-refractivity contribution >= 4 is 52.1 Å². The number of aromatic nitrogens is 2. The van der Waals surface area contributed by atoms with Crippen LogP contribution in [0, 0.1) is 5.92 Å². The molecule has 42 heavy (non-hydrogen) atoms. The number of rotatable bonds is 8. The van der Waals surface area contributed by atoms with Crippen LogP contribution in [-0.4, -0.2) is 72.9 Å². The van der Waals surface area contributed by atoms with E-state index in [0.29, 0.717) is 57.8 Å². The first kappa shape index (κ1) is 31.4. The largest absolute Gasteiger partial charge is 0.495 e. The Morgan fingerprint density at radius 3 is 2.26 bits per heavy atom. The van der Waals surface area contributed by atoms with Crippen molar-refractivity contribution in [1.82, 2.24) is 20.2 Å². The standard InChI is InChI=1S/C30H37Cl2N5O5/c1-30(2,3)42-29(39)36-21-11-16(12-24(38)37(4)5)10-20(21)35-28-33-15-18-13-17(8-9-19(18)34-28)25-26(31)22(40-6)14-23(41-7)27(25)32/h8-9,13-16,20-21H,10-12H2,1-7H3,(H,36,39)(H,33,34,35)/t16-,20?,21-/m0/s1. The number of carbonyl (C=O) groups is 2. The number of benzene rings is 2. The minimum atomic E-state index is -0.628. The highest BCUT2D eigenvalue weighted by atomic mass is 35.5. The number of methoxy groups -OCH3 is 2. The number of ether oxygens (including phenoxy) is 3. The van der Waals surface area contributed by atoms with Gasteiger partial charge in [-0.1, -0.05) is 29.3 Å². The average Bonchev–Trinajstić information content (AvgIpc) is 3.27. The number of nitrogens with zero attached hydrogens (tertiary/aromatic N) is 3. The van der Waals surface area contributed by atoms with Gasteiger partial charge in [0.05, 0.1) is 35.8 Å². The maximum absolute atomic E-state index is 12.6. The van der Waals surface area contributed by atoms with E-state index in [2.05, 4.69) is 15.6 Å². The van der Waals surface area contributed by atoms with Gasteiger partial charge in [-0.25, -0.2) is 14.8 Å². The number of amides is 2. The Labute approximate surface area is 256 Å². The summed E-state index contributed by atoms with van der Waals surface area (Å²) in [4.78, 5) is 35.9. The molecule has 3 atom stereocenters. The third kappa shape index (κ3) is 7.28. The average molecular weight is 619 g/mol. The predicted octanol–water partition coefficient (Wildman–Crippen LogP) is 6.18. The second-order valence-corrected chi connectivity index (χ2v) is 12.3. The second kappa shape index (κ2) is 12.8. The van der Waals surface area contributed by atoms with Crippen LogP contribution in [0.15, 0.2) is 30.5 Å². The Bertz CT molecular complexity index is 1450. The summed E-state index contributed by atoms with van der Waals surface area (Å²) in [5, 5.41) is 7.88. The molecule has 1 fully saturated rings. The summed E-state index contributed by atoms with van der Waals surface area (Å²) < 4.78 is 16.3. The van der Waals surface area contributed by atoms with Gasteiger partial charge in [-0.3, -0.25) is 4.79 Å². The molecule has 1 aromatic heterocycles. The van der Waals surface area contributed by atoms with Gasteiger partial charge in [0.15, 0.2) is 0 Å². The minimum absolute atomic E-state index is 0.0447. The van der Waals surface area contributed by atoms with Gasteiger partial charge in [-0.05, 0) is 57.2 Å². The quantitative estimate of drug-likeness (QED) is 0.308. The number of hydrogen-bond donors (Lipinski definition) is 2. The monoisotopic (exact) mass is 617 g/mol. The predicted molar refractivity (Wildman–Crippen MR) is 165 cm³/mol. The van der Waals surface area contributed by atoms with E-state index < -0.39 is 11.7 Å². The molecule has 2 aromatic carbocycles. The number of nitrogens with one attached hydrogen (secondary N) is 2. The maximum Gasteiger partial charge on any atom is 0.407 e. The molecule has 2 N–H and O–H groups in total. The van der Waals surface area contributed by atoms with Gasteiger partial charge >= 0.3 is 6.09 Å². The van der Waals surface area contributed by atoms with Crippen LogP contribution in [0.25, 0.3) is 22.0 Å². The van der Waals surface area contributed by atoms with Crippen LogP contribution in [-0.2, 0) is 9.53 Å². The molecule has 0 bridgehead atoms. The molecule has 1 aliphatic carbocycles. The van der Waals surface area contributed by atoms with Gasteiger partial charge in [0.1, 0.15) is 17.1 Å². The summed E-state index contributed by atoms with van der Waals surface area (Å²) in [6.45, 7) is 5.45. The summed E-state index contributed by atoms with van der Waals surface area (Å²) in [5.74, 6) is 1.42. The third-order valence-corrected chi connectivity index (χ3v) is 7.83. The van der Waals surface area contributed by atoms with Crippen LogP contribution >= 0.6 is 23.2 Å². The van der Waals surface area contributed by atoms with Crippen LogP contribution in [0.3, 0.4) is 0 Å². The first-order valence-electron chi connectivity index (χ1n) is 13.6. The smallest absolute Gasteiger partial charge is 0.407 e. The van der Waals surface area contributed by atoms with E-state index in [1.54, 1.807) is 31.3 Å². The number of alkyl carbamates (subject to hydrolysis) is 1. The summed E-state index contributed by atoms with van der Waals surface area (Å²) >= 11 is 13.3. The van der Waals surface area contributed by atoms with E-state index in [-0.39, 0.29) is 23.9 Å². The number of carbonyl (C=O) groups excluding carboxylic acids is 2. The molecule has 2 amide bonds. The van der Waals surface area contributed by atoms with Crippen LogP contribution < -0.4 is 20.1 Å². The highest BCUT2D eigenvalue weighted by Gasteiger charge is 2.37. The zero-order chi connectivity index (χ0) is 30.8. The fraction of sp³-hybridized carbons (Fsp3) is 0.467. The lowest BCUT2D eigenvalue weighted by atomic mass is 10.0. The van der Waals surface area contributed by atoms with E-state index in [1.807, 2.05) is 39.0 Å². The van der Waals surface area contributed by atoms with E-state index in [4.69, 9.17) is 42.4 Å². The zero-order valence-corrected chi connectivity index (χ0v) is 26.4. The molecule has 226 valence electrons. The van der Waals surface area contributed by atoms with Crippen LogP contribution in [0.5, 0.6) is 11.5 Å². The minimum Gasteiger partial charge on any atom is -0.495 e. The molecule has 1 saturated carbocycles. The van der Waals surface area contributed by atoms with Crippen molar-refractivity contribution in [3.05, 3.63) is 40.5 Å². The Morgan fingerprint density at radius 1 is 1.02 bits per heavy atom. The fourth-order valence-corrected chi connectivity index (χ4v) is 5.80. The number of hydrogen-bond acceptors (Lipinski definition) is 8. The van der Waals surface area contributed by atoms with E-state index in [0.717, 1.165) is 10.9 Å². The van der Waals surface area contributed by atoms with Gasteiger partial charge in [-0.15, -0.1) is 0 Å². The van der Waals surface area contributed by atoms with Crippen molar-refractivity contribution in [3.63, 3.8) is 0 Å². The van der Waals surface area contributed by atoms with Gasteiger partial charge in [0.25, 0.3) is 0 Å². The summed E-state index contributed by atoms with van der Waals surface area (Å²) in [6.07, 6.45) is 2.89. The maximum atomic E-state index is 12.6. The highest BCUT2D eigenvalue weighted by Crippen LogP contribution is 2.46. The number of fused-ring (bicyclic) bond motifs is 1. The molecular formula is C30H37Cl2N5O5. The fourth-order valence-electron chi connectivity index (χ4n) is 5.08. The third-order valence-electron chi connectivity index (χ3n) is 7.08. The summed E-state index contributed by atoms with van der Waals surface area (Å²) in [6, 6.07) is 6.81. The second-order valence-electron chi connectivity index (χ2n) is 11.6. The first-order chi connectivity index (χ1) is 19.8. The Balaban J connectivity index is 1.59. The van der Waals surface area contributed by atoms with Crippen molar-refractivity contribution in [3.8, 4) is 22.6 Å². The van der Waals surface area contributed by atoms with Crippen molar-refractivity contribution < 1.29 is 23.8 Å². The molecule has 0 spiro atoms. The molecular weight excluding hydrogens is 581 g/mol. The number of halogens is 2. The normalized spacial score (nSPS) is 18.5. The van der Waals surface area contributed by atoms with Crippen LogP contribution in [0.1, 0.15) is 40.0 Å². The van der Waals surface area contributed by atoms with E-state index in [1.165, 1.54) is 14.2 Å². The SMILES string of the molecule is COc1cc(OC)c(Cl)c(-c2ccc3nc(NC4C[C@H](CC(=O)N(C)C)C[C@@H]4NC(=O)OC(C)(C)C)ncc3c2)c1Cl. The van der Waals surface area contributed by atoms with Crippen molar-refractivity contribution in [2.24, 2.45) is 5.92 Å². The zero-order valence-electron chi connectivity index (χ0n) is 24.9. The molecule has 1 unspecified atom stereocenters. The van der Waals surface area contributed by atoms with Crippen molar-refractivity contribution in [1.29, 1.82) is 0 Å². The summed E-state index contributed by atoms with van der Waals surface area (Å²) in [7, 11) is 6.54. The van der Waals surface area contributed by atoms with Gasteiger partial charge in [0.2, 0.25) is 11.9 Å².